The number of aliphatic hydroxyl groups is 1. The molecule has 1 fully saturated rings. The molecule has 1 unspecified atom stereocenters. The molecule has 1 aromatic heterocycles. The second-order valence-corrected chi connectivity index (χ2v) is 7.15. The van der Waals surface area contributed by atoms with Gasteiger partial charge in [0.05, 0.1) is 11.0 Å². The van der Waals surface area contributed by atoms with Crippen LogP contribution in [-0.4, -0.2) is 35.0 Å². The lowest BCUT2D eigenvalue weighted by molar-refractivity contribution is 0.00846. The second kappa shape index (κ2) is 6.72. The normalized spacial score (nSPS) is 18.3. The summed E-state index contributed by atoms with van der Waals surface area (Å²) in [5.74, 6) is 0.188. The van der Waals surface area contributed by atoms with Crippen LogP contribution >= 0.6 is 11.3 Å². The molecule has 118 valence electrons. The molecular weight excluding hydrogens is 292 g/mol. The SMILES string of the molecule is CC(C)(C)OC(=O)Nc1ncc(C(O)C2CCOCC2)s1. The van der Waals surface area contributed by atoms with Crippen LogP contribution in [0.5, 0.6) is 0 Å². The zero-order valence-corrected chi connectivity index (χ0v) is 13.4. The van der Waals surface area contributed by atoms with Crippen molar-refractivity contribution in [2.45, 2.75) is 45.3 Å². The van der Waals surface area contributed by atoms with E-state index >= 15 is 0 Å². The number of anilines is 1. The molecule has 6 nitrogen and oxygen atoms in total. The molecule has 21 heavy (non-hydrogen) atoms. The van der Waals surface area contributed by atoms with E-state index in [4.69, 9.17) is 9.47 Å². The first-order valence-electron chi connectivity index (χ1n) is 7.07. The molecule has 0 aliphatic carbocycles. The van der Waals surface area contributed by atoms with E-state index in [0.29, 0.717) is 18.3 Å². The summed E-state index contributed by atoms with van der Waals surface area (Å²) < 4.78 is 10.5. The third-order valence-corrected chi connectivity index (χ3v) is 4.12. The molecule has 0 aromatic carbocycles. The highest BCUT2D eigenvalue weighted by molar-refractivity contribution is 7.15. The molecule has 2 rings (SSSR count). The summed E-state index contributed by atoms with van der Waals surface area (Å²) in [6, 6.07) is 0. The van der Waals surface area contributed by atoms with Gasteiger partial charge in [-0.2, -0.15) is 0 Å². The van der Waals surface area contributed by atoms with Crippen LogP contribution in [0.1, 0.15) is 44.6 Å². The van der Waals surface area contributed by atoms with Gasteiger partial charge < -0.3 is 14.6 Å². The number of thiazole rings is 1. The Kier molecular flexibility index (Phi) is 5.18. The van der Waals surface area contributed by atoms with Crippen LogP contribution in [-0.2, 0) is 9.47 Å². The summed E-state index contributed by atoms with van der Waals surface area (Å²) in [6.07, 6.45) is 2.20. The molecular formula is C14H22N2O4S. The summed E-state index contributed by atoms with van der Waals surface area (Å²) >= 11 is 1.28. The maximum atomic E-state index is 11.7. The van der Waals surface area contributed by atoms with Gasteiger partial charge in [-0.05, 0) is 39.5 Å². The predicted molar refractivity (Wildman–Crippen MR) is 80.5 cm³/mol. The maximum absolute atomic E-state index is 11.7. The minimum Gasteiger partial charge on any atom is -0.444 e. The quantitative estimate of drug-likeness (QED) is 0.896. The van der Waals surface area contributed by atoms with Gasteiger partial charge in [0.25, 0.3) is 0 Å². The summed E-state index contributed by atoms with van der Waals surface area (Å²) in [4.78, 5) is 16.5. The Balaban J connectivity index is 1.93. The summed E-state index contributed by atoms with van der Waals surface area (Å²) in [7, 11) is 0. The number of aromatic nitrogens is 1. The molecule has 0 spiro atoms. The van der Waals surface area contributed by atoms with Crippen molar-refractivity contribution in [1.82, 2.24) is 4.98 Å². The van der Waals surface area contributed by atoms with Crippen molar-refractivity contribution < 1.29 is 19.4 Å². The van der Waals surface area contributed by atoms with Gasteiger partial charge in [0.2, 0.25) is 0 Å². The van der Waals surface area contributed by atoms with Gasteiger partial charge in [-0.3, -0.25) is 5.32 Å². The molecule has 2 heterocycles. The van der Waals surface area contributed by atoms with E-state index in [1.54, 1.807) is 27.0 Å². The lowest BCUT2D eigenvalue weighted by Gasteiger charge is -2.25. The third kappa shape index (κ3) is 4.94. The molecule has 0 bridgehead atoms. The molecule has 2 N–H and O–H groups in total. The van der Waals surface area contributed by atoms with Gasteiger partial charge in [0, 0.05) is 19.4 Å². The van der Waals surface area contributed by atoms with Gasteiger partial charge in [0.15, 0.2) is 5.13 Å². The number of hydrogen-bond acceptors (Lipinski definition) is 6. The van der Waals surface area contributed by atoms with E-state index in [0.717, 1.165) is 17.7 Å². The van der Waals surface area contributed by atoms with Crippen LogP contribution in [0.3, 0.4) is 0 Å². The molecule has 1 amide bonds. The predicted octanol–water partition coefficient (Wildman–Crippen LogP) is 2.95. The molecule has 1 saturated heterocycles. The molecule has 7 heteroatoms. The number of carbonyl (C=O) groups excluding carboxylic acids is 1. The molecule has 1 aliphatic rings. The number of carbonyl (C=O) groups is 1. The fourth-order valence-electron chi connectivity index (χ4n) is 2.14. The highest BCUT2D eigenvalue weighted by Gasteiger charge is 2.25. The fraction of sp³-hybridized carbons (Fsp3) is 0.714. The molecule has 1 aromatic rings. The second-order valence-electron chi connectivity index (χ2n) is 6.09. The van der Waals surface area contributed by atoms with Crippen molar-refractivity contribution in [3.8, 4) is 0 Å². The van der Waals surface area contributed by atoms with Crippen LogP contribution < -0.4 is 5.32 Å². The maximum Gasteiger partial charge on any atom is 0.413 e. The van der Waals surface area contributed by atoms with E-state index < -0.39 is 17.8 Å². The van der Waals surface area contributed by atoms with Crippen LogP contribution in [0.2, 0.25) is 0 Å². The standard InChI is InChI=1S/C14H22N2O4S/c1-14(2,3)20-13(18)16-12-15-8-10(21-12)11(17)9-4-6-19-7-5-9/h8-9,11,17H,4-7H2,1-3H3,(H,15,16,18). The van der Waals surface area contributed by atoms with Crippen molar-refractivity contribution in [2.75, 3.05) is 18.5 Å². The minimum absolute atomic E-state index is 0.188. The number of rotatable bonds is 3. The monoisotopic (exact) mass is 314 g/mol. The number of amides is 1. The first-order chi connectivity index (χ1) is 9.85. The zero-order valence-electron chi connectivity index (χ0n) is 12.6. The summed E-state index contributed by atoms with van der Waals surface area (Å²) in [6.45, 7) is 6.77. The Morgan fingerprint density at radius 3 is 2.81 bits per heavy atom. The molecule has 0 radical (unpaired) electrons. The van der Waals surface area contributed by atoms with E-state index in [-0.39, 0.29) is 5.92 Å². The largest absolute Gasteiger partial charge is 0.444 e. The van der Waals surface area contributed by atoms with Crippen LogP contribution in [0.15, 0.2) is 6.20 Å². The Labute approximate surface area is 128 Å². The first-order valence-corrected chi connectivity index (χ1v) is 7.88. The van der Waals surface area contributed by atoms with E-state index in [1.165, 1.54) is 11.3 Å². The number of aliphatic hydroxyl groups excluding tert-OH is 1. The van der Waals surface area contributed by atoms with Crippen molar-refractivity contribution in [2.24, 2.45) is 5.92 Å². The third-order valence-electron chi connectivity index (χ3n) is 3.14. The molecule has 1 aliphatic heterocycles. The lowest BCUT2D eigenvalue weighted by atomic mass is 9.93. The summed E-state index contributed by atoms with van der Waals surface area (Å²) in [5, 5.41) is 13.4. The van der Waals surface area contributed by atoms with Crippen molar-refractivity contribution >= 4 is 22.6 Å². The highest BCUT2D eigenvalue weighted by Crippen LogP contribution is 2.34. The van der Waals surface area contributed by atoms with Crippen LogP contribution in [0, 0.1) is 5.92 Å². The van der Waals surface area contributed by atoms with E-state index in [2.05, 4.69) is 10.3 Å². The lowest BCUT2D eigenvalue weighted by Crippen LogP contribution is -2.27. The average Bonchev–Trinajstić information content (AvgIpc) is 2.85. The van der Waals surface area contributed by atoms with Crippen LogP contribution in [0.25, 0.3) is 0 Å². The average molecular weight is 314 g/mol. The van der Waals surface area contributed by atoms with E-state index in [9.17, 15) is 9.90 Å². The number of nitrogens with zero attached hydrogens (tertiary/aromatic N) is 1. The van der Waals surface area contributed by atoms with Gasteiger partial charge in [-0.25, -0.2) is 9.78 Å². The smallest absolute Gasteiger partial charge is 0.413 e. The highest BCUT2D eigenvalue weighted by atomic mass is 32.1. The number of ether oxygens (including phenoxy) is 2. The van der Waals surface area contributed by atoms with Crippen molar-refractivity contribution in [1.29, 1.82) is 0 Å². The van der Waals surface area contributed by atoms with Gasteiger partial charge in [-0.15, -0.1) is 0 Å². The summed E-state index contributed by atoms with van der Waals surface area (Å²) in [5.41, 5.74) is -0.550. The fourth-order valence-corrected chi connectivity index (χ4v) is 3.02. The van der Waals surface area contributed by atoms with Crippen molar-refractivity contribution in [3.05, 3.63) is 11.1 Å². The zero-order chi connectivity index (χ0) is 15.5. The molecule has 1 atom stereocenters. The van der Waals surface area contributed by atoms with Gasteiger partial charge >= 0.3 is 6.09 Å². The Bertz CT molecular complexity index is 478. The Hall–Kier alpha value is -1.18. The number of nitrogens with one attached hydrogen (secondary N) is 1. The molecule has 0 saturated carbocycles. The van der Waals surface area contributed by atoms with Crippen LogP contribution in [0.4, 0.5) is 9.93 Å². The number of hydrogen-bond donors (Lipinski definition) is 2. The van der Waals surface area contributed by atoms with Gasteiger partial charge in [-0.1, -0.05) is 11.3 Å². The minimum atomic E-state index is -0.555. The van der Waals surface area contributed by atoms with Gasteiger partial charge in [0.1, 0.15) is 5.60 Å². The first kappa shape index (κ1) is 16.2. The topological polar surface area (TPSA) is 80.7 Å². The van der Waals surface area contributed by atoms with Crippen molar-refractivity contribution in [3.63, 3.8) is 0 Å². The van der Waals surface area contributed by atoms with E-state index in [1.807, 2.05) is 0 Å². The Morgan fingerprint density at radius 2 is 2.19 bits per heavy atom. The Morgan fingerprint density at radius 1 is 1.52 bits per heavy atom.